The number of rotatable bonds is 4. The zero-order valence-corrected chi connectivity index (χ0v) is 11.3. The number of methoxy groups -OCH3 is 1. The molecule has 1 aromatic carbocycles. The molecular weight excluding hydrogens is 244 g/mol. The molecule has 1 amide bonds. The van der Waals surface area contributed by atoms with Gasteiger partial charge in [0, 0.05) is 19.1 Å². The zero-order valence-electron chi connectivity index (χ0n) is 11.3. The first-order valence-electron chi connectivity index (χ1n) is 6.40. The van der Waals surface area contributed by atoms with E-state index in [1.165, 1.54) is 0 Å². The average molecular weight is 264 g/mol. The number of primary amides is 1. The van der Waals surface area contributed by atoms with Crippen molar-refractivity contribution >= 4 is 5.91 Å². The first kappa shape index (κ1) is 13.8. The molecule has 1 unspecified atom stereocenters. The quantitative estimate of drug-likeness (QED) is 0.879. The summed E-state index contributed by atoms with van der Waals surface area (Å²) in [4.78, 5) is 13.4. The van der Waals surface area contributed by atoms with Crippen LogP contribution in [0.15, 0.2) is 24.3 Å². The normalized spacial score (nSPS) is 21.9. The number of hydrogen-bond donors (Lipinski definition) is 1. The van der Waals surface area contributed by atoms with Gasteiger partial charge in [0.1, 0.15) is 11.9 Å². The maximum absolute atomic E-state index is 11.2. The van der Waals surface area contributed by atoms with Crippen LogP contribution in [0, 0.1) is 0 Å². The van der Waals surface area contributed by atoms with Crippen LogP contribution in [-0.2, 0) is 9.53 Å². The fourth-order valence-electron chi connectivity index (χ4n) is 2.31. The highest BCUT2D eigenvalue weighted by Crippen LogP contribution is 2.25. The van der Waals surface area contributed by atoms with Gasteiger partial charge >= 0.3 is 0 Å². The summed E-state index contributed by atoms with van der Waals surface area (Å²) in [6.45, 7) is 3.97. The molecule has 1 fully saturated rings. The van der Waals surface area contributed by atoms with Crippen molar-refractivity contribution in [3.05, 3.63) is 29.8 Å². The van der Waals surface area contributed by atoms with Crippen LogP contribution in [0.4, 0.5) is 0 Å². The van der Waals surface area contributed by atoms with Gasteiger partial charge in [0.05, 0.1) is 13.7 Å². The number of benzene rings is 1. The van der Waals surface area contributed by atoms with Crippen LogP contribution in [0.2, 0.25) is 0 Å². The lowest BCUT2D eigenvalue weighted by atomic mass is 10.1. The van der Waals surface area contributed by atoms with Crippen molar-refractivity contribution in [2.45, 2.75) is 19.1 Å². The number of nitrogens with two attached hydrogens (primary N) is 1. The zero-order chi connectivity index (χ0) is 13.8. The van der Waals surface area contributed by atoms with Crippen molar-refractivity contribution in [3.8, 4) is 5.75 Å². The topological polar surface area (TPSA) is 64.8 Å². The Bertz CT molecular complexity index is 450. The lowest BCUT2D eigenvalue weighted by Crippen LogP contribution is -2.49. The van der Waals surface area contributed by atoms with E-state index < -0.39 is 12.0 Å². The number of carbonyl (C=O) groups is 1. The van der Waals surface area contributed by atoms with Gasteiger partial charge < -0.3 is 15.2 Å². The molecule has 0 aromatic heterocycles. The summed E-state index contributed by atoms with van der Waals surface area (Å²) in [7, 11) is 1.65. The molecule has 0 bridgehead atoms. The molecule has 19 heavy (non-hydrogen) atoms. The molecule has 1 aromatic rings. The minimum absolute atomic E-state index is 0.195. The third-order valence-corrected chi connectivity index (χ3v) is 3.54. The highest BCUT2D eigenvalue weighted by Gasteiger charge is 2.28. The molecule has 2 rings (SSSR count). The highest BCUT2D eigenvalue weighted by molar-refractivity contribution is 5.79. The maximum atomic E-state index is 11.2. The van der Waals surface area contributed by atoms with E-state index in [9.17, 15) is 4.79 Å². The van der Waals surface area contributed by atoms with Gasteiger partial charge in [-0.2, -0.15) is 0 Å². The van der Waals surface area contributed by atoms with Crippen molar-refractivity contribution in [1.29, 1.82) is 0 Å². The minimum Gasteiger partial charge on any atom is -0.497 e. The van der Waals surface area contributed by atoms with E-state index in [1.54, 1.807) is 7.11 Å². The molecule has 2 N–H and O–H groups in total. The summed E-state index contributed by atoms with van der Waals surface area (Å²) >= 11 is 0. The minimum atomic E-state index is -0.512. The molecule has 1 heterocycles. The van der Waals surface area contributed by atoms with Gasteiger partial charge in [0.15, 0.2) is 0 Å². The molecule has 0 radical (unpaired) electrons. The van der Waals surface area contributed by atoms with Gasteiger partial charge in [-0.25, -0.2) is 0 Å². The average Bonchev–Trinajstić information content (AvgIpc) is 2.46. The predicted molar refractivity (Wildman–Crippen MR) is 71.9 cm³/mol. The Balaban J connectivity index is 2.09. The van der Waals surface area contributed by atoms with E-state index in [2.05, 4.69) is 17.9 Å². The van der Waals surface area contributed by atoms with Crippen LogP contribution in [-0.4, -0.2) is 43.7 Å². The lowest BCUT2D eigenvalue weighted by Gasteiger charge is -2.35. The van der Waals surface area contributed by atoms with E-state index >= 15 is 0 Å². The summed E-state index contributed by atoms with van der Waals surface area (Å²) in [5, 5.41) is 0. The Morgan fingerprint density at radius 2 is 2.37 bits per heavy atom. The molecule has 1 aliphatic rings. The Kier molecular flexibility index (Phi) is 4.39. The van der Waals surface area contributed by atoms with Gasteiger partial charge in [-0.15, -0.1) is 0 Å². The first-order chi connectivity index (χ1) is 9.11. The second kappa shape index (κ2) is 6.04. The molecule has 0 spiro atoms. The van der Waals surface area contributed by atoms with Gasteiger partial charge in [-0.1, -0.05) is 12.1 Å². The molecule has 0 aliphatic carbocycles. The third-order valence-electron chi connectivity index (χ3n) is 3.54. The SMILES string of the molecule is COc1cccc([C@@H](C)N2CCOC(C(N)=O)C2)c1. The van der Waals surface area contributed by atoms with Crippen molar-refractivity contribution in [2.24, 2.45) is 5.73 Å². The maximum Gasteiger partial charge on any atom is 0.247 e. The summed E-state index contributed by atoms with van der Waals surface area (Å²) in [5.74, 6) is 0.437. The number of hydrogen-bond acceptors (Lipinski definition) is 4. The molecule has 5 nitrogen and oxygen atoms in total. The van der Waals surface area contributed by atoms with Crippen molar-refractivity contribution in [3.63, 3.8) is 0 Å². The van der Waals surface area contributed by atoms with Crippen LogP contribution in [0.5, 0.6) is 5.75 Å². The van der Waals surface area contributed by atoms with Crippen molar-refractivity contribution < 1.29 is 14.3 Å². The van der Waals surface area contributed by atoms with Gasteiger partial charge in [0.2, 0.25) is 5.91 Å². The molecule has 0 saturated carbocycles. The Morgan fingerprint density at radius 1 is 1.58 bits per heavy atom. The second-order valence-electron chi connectivity index (χ2n) is 4.71. The highest BCUT2D eigenvalue weighted by atomic mass is 16.5. The molecule has 1 saturated heterocycles. The van der Waals surface area contributed by atoms with Gasteiger partial charge in [-0.3, -0.25) is 9.69 Å². The molecule has 1 aliphatic heterocycles. The van der Waals surface area contributed by atoms with Gasteiger partial charge in [0.25, 0.3) is 0 Å². The molecule has 2 atom stereocenters. The predicted octanol–water partition coefficient (Wildman–Crippen LogP) is 0.942. The van der Waals surface area contributed by atoms with Crippen LogP contribution in [0.3, 0.4) is 0 Å². The number of ether oxygens (including phenoxy) is 2. The van der Waals surface area contributed by atoms with Crippen LogP contribution in [0.25, 0.3) is 0 Å². The summed E-state index contributed by atoms with van der Waals surface area (Å²) < 4.78 is 10.6. The fourth-order valence-corrected chi connectivity index (χ4v) is 2.31. The summed E-state index contributed by atoms with van der Waals surface area (Å²) in [5.41, 5.74) is 6.46. The molecule has 104 valence electrons. The second-order valence-corrected chi connectivity index (χ2v) is 4.71. The number of amides is 1. The fraction of sp³-hybridized carbons (Fsp3) is 0.500. The van der Waals surface area contributed by atoms with E-state index in [-0.39, 0.29) is 6.04 Å². The number of carbonyl (C=O) groups excluding carboxylic acids is 1. The standard InChI is InChI=1S/C14H20N2O3/c1-10(11-4-3-5-12(8-11)18-2)16-6-7-19-13(9-16)14(15)17/h3-5,8,10,13H,6-7,9H2,1-2H3,(H2,15,17)/t10-,13?/m1/s1. The number of nitrogens with zero attached hydrogens (tertiary/aromatic N) is 1. The Labute approximate surface area is 113 Å². The molecular formula is C14H20N2O3. The number of morpholine rings is 1. The van der Waals surface area contributed by atoms with Crippen LogP contribution in [0.1, 0.15) is 18.5 Å². The van der Waals surface area contributed by atoms with Gasteiger partial charge in [-0.05, 0) is 24.6 Å². The first-order valence-corrected chi connectivity index (χ1v) is 6.40. The lowest BCUT2D eigenvalue weighted by molar-refractivity contribution is -0.136. The Hall–Kier alpha value is -1.59. The monoisotopic (exact) mass is 264 g/mol. The smallest absolute Gasteiger partial charge is 0.247 e. The third kappa shape index (κ3) is 3.24. The summed E-state index contributed by atoms with van der Waals surface area (Å²) in [6, 6.07) is 8.15. The van der Waals surface area contributed by atoms with Crippen molar-refractivity contribution in [1.82, 2.24) is 4.90 Å². The Morgan fingerprint density at radius 3 is 3.05 bits per heavy atom. The summed E-state index contributed by atoms with van der Waals surface area (Å²) in [6.07, 6.45) is -0.512. The van der Waals surface area contributed by atoms with Crippen LogP contribution >= 0.6 is 0 Å². The van der Waals surface area contributed by atoms with Crippen molar-refractivity contribution in [2.75, 3.05) is 26.8 Å². The molecule has 5 heteroatoms. The van der Waals surface area contributed by atoms with E-state index in [0.29, 0.717) is 13.2 Å². The van der Waals surface area contributed by atoms with E-state index in [0.717, 1.165) is 17.9 Å². The van der Waals surface area contributed by atoms with Crippen LogP contribution < -0.4 is 10.5 Å². The van der Waals surface area contributed by atoms with E-state index in [1.807, 2.05) is 18.2 Å². The van der Waals surface area contributed by atoms with E-state index in [4.69, 9.17) is 15.2 Å². The largest absolute Gasteiger partial charge is 0.497 e.